The molecule has 0 saturated carbocycles. The Morgan fingerprint density at radius 1 is 0.443 bits per heavy atom. The average Bonchev–Trinajstić information content (AvgIpc) is 1.70. The third-order valence-corrected chi connectivity index (χ3v) is 15.1. The number of aliphatic carboxylic acids is 2. The number of carbonyl (C=O) groups excluding carboxylic acids is 7. The second-order valence-electron chi connectivity index (χ2n) is 28.2. The number of nitrogens with one attached hydrogen (secondary N) is 1. The first-order valence-electron chi connectivity index (χ1n) is 35.2. The predicted octanol–water partition coefficient (Wildman–Crippen LogP) is 13.2. The molecule has 0 bridgehead atoms. The van der Waals surface area contributed by atoms with Gasteiger partial charge in [-0.15, -0.1) is 46.4 Å². The number of ether oxygens (including phenoxy) is 11. The number of esters is 2. The molecule has 7 rings (SSSR count). The number of carboxylic acids is 2. The Balaban J connectivity index is 0. The number of hydrogen-bond acceptors (Lipinski definition) is 21. The highest BCUT2D eigenvalue weighted by Crippen LogP contribution is 2.31. The Morgan fingerprint density at radius 3 is 1.06 bits per heavy atom. The Labute approximate surface area is 649 Å². The summed E-state index contributed by atoms with van der Waals surface area (Å²) in [7, 11) is 11.2. The van der Waals surface area contributed by atoms with Gasteiger partial charge in [-0.2, -0.15) is 0 Å². The normalized spacial score (nSPS) is 21.3. The van der Waals surface area contributed by atoms with E-state index in [1.807, 2.05) is 109 Å². The molecule has 0 unspecified atom stereocenters. The molecule has 3 N–H and O–H groups in total. The predicted molar refractivity (Wildman–Crippen MR) is 406 cm³/mol. The molecule has 106 heavy (non-hydrogen) atoms. The first-order valence-corrected chi connectivity index (χ1v) is 37.3. The number of carboxylic acid groups (broad SMARTS) is 2. The summed E-state index contributed by atoms with van der Waals surface area (Å²) < 4.78 is 57.6. The van der Waals surface area contributed by atoms with Crippen LogP contribution in [0, 0.1) is 29.6 Å². The van der Waals surface area contributed by atoms with Gasteiger partial charge in [-0.25, -0.2) is 19.2 Å². The van der Waals surface area contributed by atoms with E-state index in [0.717, 1.165) is 11.1 Å². The first kappa shape index (κ1) is 102. The van der Waals surface area contributed by atoms with Crippen LogP contribution >= 0.6 is 46.4 Å². The van der Waals surface area contributed by atoms with Crippen LogP contribution in [0.5, 0.6) is 0 Å². The smallest absolute Gasteiger partial charge is 0.412 e. The molecule has 610 valence electrons. The number of methoxy groups -OCH3 is 5. The summed E-state index contributed by atoms with van der Waals surface area (Å²) in [4.78, 5) is 114. The molecule has 5 fully saturated rings. The van der Waals surface area contributed by atoms with Crippen molar-refractivity contribution in [1.29, 1.82) is 0 Å². The van der Waals surface area contributed by atoms with Crippen LogP contribution in [-0.2, 0) is 89.3 Å². The molecule has 10 atom stereocenters. The summed E-state index contributed by atoms with van der Waals surface area (Å²) in [5.74, 6) is -4.07. The maximum atomic E-state index is 12.3. The lowest BCUT2D eigenvalue weighted by atomic mass is 10.0. The zero-order chi connectivity index (χ0) is 81.9. The van der Waals surface area contributed by atoms with E-state index in [9.17, 15) is 43.2 Å². The third-order valence-electron chi connectivity index (χ3n) is 15.1. The minimum atomic E-state index is -0.918. The van der Waals surface area contributed by atoms with E-state index in [-0.39, 0.29) is 91.0 Å². The fraction of sp³-hybridized carbons (Fsp3) is 0.716. The maximum Gasteiger partial charge on any atom is 0.412 e. The SMILES string of the molecule is CC.CC.COC[C@@H]1C[C@H](C(=O)N(C)C)CN1C(=O)OC(C)(C)C.COC[C@@H]1C[C@H](C(=O)O)CN1C(=O)OC(C)(C)C.CO[C@H]1C[C@H](C(=O)O)CN1C(=O)OC(C)(C)C.CO[C@H]1C[C@H](C(=O)OCc2ccccc2)CN1.CO[C@H]1C[C@H](C(=O)OCc2ccccc2)CN1C(=O)OC(C)(C)C.ClCCl.ClCCl. The molecule has 5 amide bonds. The Morgan fingerprint density at radius 2 is 0.745 bits per heavy atom. The highest BCUT2D eigenvalue weighted by molar-refractivity contribution is 6.41. The quantitative estimate of drug-likeness (QED) is 0.0798. The lowest BCUT2D eigenvalue weighted by Gasteiger charge is -2.28. The van der Waals surface area contributed by atoms with E-state index < -0.39 is 82.8 Å². The van der Waals surface area contributed by atoms with Crippen LogP contribution in [0.2, 0.25) is 0 Å². The molecular weight excluding hydrogens is 1470 g/mol. The van der Waals surface area contributed by atoms with Crippen molar-refractivity contribution >= 4 is 101 Å². The number of halogens is 4. The van der Waals surface area contributed by atoms with Gasteiger partial charge in [0.25, 0.3) is 0 Å². The van der Waals surface area contributed by atoms with Crippen molar-refractivity contribution in [1.82, 2.24) is 29.8 Å². The van der Waals surface area contributed by atoms with Gasteiger partial charge in [-0.05, 0) is 107 Å². The zero-order valence-electron chi connectivity index (χ0n) is 66.7. The molecule has 2 aromatic carbocycles. The monoisotopic (exact) mass is 1590 g/mol. The van der Waals surface area contributed by atoms with Gasteiger partial charge in [0.1, 0.15) is 54.3 Å². The number of likely N-dealkylation sites (tertiary alicyclic amines) is 4. The highest BCUT2D eigenvalue weighted by atomic mass is 35.5. The van der Waals surface area contributed by atoms with E-state index in [1.165, 1.54) is 36.0 Å². The molecule has 32 heteroatoms. The number of amides is 5. The number of rotatable bonds is 16. The standard InChI is InChI=1S/C18H25NO5.C14H26N2O4.C13H17NO3.C12H21NO5.C11H19NO5.2C2H6.2CH2Cl2/c1-18(2,3)24-17(21)19-11-14(10-15(19)22-4)16(20)23-12-13-8-6-5-7-9-13;1-14(2,3)20-13(18)16-8-10(12(17)15(4)5)7-11(16)9-19-6;1-16-12-7-11(8-14-12)13(15)17-9-10-5-3-2-4-6-10;1-12(2,3)18-11(16)13-6-8(10(14)15)5-9(13)7-17-4;1-11(2,3)17-10(15)12-6-7(9(13)14)5-8(12)16-4;2*1-2;2*2-1-3/h5-9,14-15H,10-12H2,1-4H3;10-11H,7-9H2,1-6H3;2-6,11-12,14H,7-9H2,1H3;8-9H,5-7H2,1-4H3,(H,14,15);7-8H,5-6H2,1-4H3,(H,13,14);2*1-2H3;2*1H2/t14-,15-;10-,11-;11-,12-;8-,9-;7-,8-;;;;/m00000..../s1. The zero-order valence-corrected chi connectivity index (χ0v) is 69.7. The fourth-order valence-corrected chi connectivity index (χ4v) is 10.5. The first-order chi connectivity index (χ1) is 49.6. The molecular formula is C74H124Cl4N6O22. The Kier molecular flexibility index (Phi) is 50.7. The van der Waals surface area contributed by atoms with Gasteiger partial charge in [0.2, 0.25) is 5.91 Å². The highest BCUT2D eigenvalue weighted by Gasteiger charge is 2.45. The van der Waals surface area contributed by atoms with E-state index in [1.54, 1.807) is 100 Å². The van der Waals surface area contributed by atoms with Crippen molar-refractivity contribution in [2.75, 3.05) is 106 Å². The summed E-state index contributed by atoms with van der Waals surface area (Å²) in [6.45, 7) is 32.4. The molecule has 28 nitrogen and oxygen atoms in total. The largest absolute Gasteiger partial charge is 0.481 e. The molecule has 0 spiro atoms. The third kappa shape index (κ3) is 41.4. The molecule has 5 heterocycles. The summed E-state index contributed by atoms with van der Waals surface area (Å²) in [6, 6.07) is 18.8. The van der Waals surface area contributed by atoms with E-state index >= 15 is 0 Å². The topological polar surface area (TPSA) is 324 Å². The van der Waals surface area contributed by atoms with Crippen molar-refractivity contribution in [3.05, 3.63) is 71.8 Å². The molecule has 5 aliphatic rings. The van der Waals surface area contributed by atoms with Gasteiger partial charge in [0, 0.05) is 102 Å². The van der Waals surface area contributed by atoms with E-state index in [2.05, 4.69) is 5.32 Å². The van der Waals surface area contributed by atoms with Gasteiger partial charge in [-0.1, -0.05) is 88.4 Å². The summed E-state index contributed by atoms with van der Waals surface area (Å²) in [6.07, 6.45) is -0.488. The lowest BCUT2D eigenvalue weighted by Crippen LogP contribution is -2.42. The van der Waals surface area contributed by atoms with Gasteiger partial charge in [-0.3, -0.25) is 39.1 Å². The minimum absolute atomic E-state index is 0.0238. The molecule has 5 aliphatic heterocycles. The molecule has 0 aromatic heterocycles. The number of alkyl halides is 4. The van der Waals surface area contributed by atoms with Gasteiger partial charge in [0.15, 0.2) is 0 Å². The van der Waals surface area contributed by atoms with Crippen LogP contribution in [-0.4, -0.2) is 248 Å². The molecule has 2 aromatic rings. The Bertz CT molecular complexity index is 2850. The van der Waals surface area contributed by atoms with Crippen LogP contribution in [0.25, 0.3) is 0 Å². The van der Waals surface area contributed by atoms with Gasteiger partial charge >= 0.3 is 48.3 Å². The van der Waals surface area contributed by atoms with E-state index in [4.69, 9.17) is 109 Å². The molecule has 5 saturated heterocycles. The van der Waals surface area contributed by atoms with Crippen LogP contribution < -0.4 is 5.32 Å². The van der Waals surface area contributed by atoms with Crippen molar-refractivity contribution in [3.63, 3.8) is 0 Å². The fourth-order valence-electron chi connectivity index (χ4n) is 10.5. The van der Waals surface area contributed by atoms with Crippen molar-refractivity contribution in [2.24, 2.45) is 29.6 Å². The average molecular weight is 1590 g/mol. The van der Waals surface area contributed by atoms with Crippen molar-refractivity contribution in [3.8, 4) is 0 Å². The maximum absolute atomic E-state index is 12.3. The summed E-state index contributed by atoms with van der Waals surface area (Å²) in [5.41, 5.74) is -0.391. The molecule has 0 aliphatic carbocycles. The Hall–Kier alpha value is -6.21. The molecule has 0 radical (unpaired) electrons. The van der Waals surface area contributed by atoms with Gasteiger partial charge < -0.3 is 77.0 Å². The summed E-state index contributed by atoms with van der Waals surface area (Å²) >= 11 is 19.1. The lowest BCUT2D eigenvalue weighted by molar-refractivity contribution is -0.150. The van der Waals surface area contributed by atoms with Crippen LogP contribution in [0.4, 0.5) is 19.2 Å². The van der Waals surface area contributed by atoms with Crippen molar-refractivity contribution in [2.45, 2.75) is 209 Å². The second kappa shape index (κ2) is 52.8. The second-order valence-corrected chi connectivity index (χ2v) is 29.8. The summed E-state index contributed by atoms with van der Waals surface area (Å²) in [5, 5.41) is 21.4. The number of nitrogens with zero attached hydrogens (tertiary/aromatic N) is 5. The van der Waals surface area contributed by atoms with Crippen LogP contribution in [0.3, 0.4) is 0 Å². The number of carbonyl (C=O) groups is 9. The van der Waals surface area contributed by atoms with Crippen LogP contribution in [0.1, 0.15) is 154 Å². The van der Waals surface area contributed by atoms with Crippen LogP contribution in [0.15, 0.2) is 60.7 Å². The van der Waals surface area contributed by atoms with Gasteiger partial charge in [0.05, 0.1) is 65.6 Å². The van der Waals surface area contributed by atoms with Crippen molar-refractivity contribution < 1.29 is 105 Å². The van der Waals surface area contributed by atoms with E-state index in [0.29, 0.717) is 65.0 Å². The minimum Gasteiger partial charge on any atom is -0.481 e. The number of benzene rings is 2. The number of hydrogen-bond donors (Lipinski definition) is 3.